The molecule has 1 saturated heterocycles. The number of piperidine rings is 1. The first-order valence-corrected chi connectivity index (χ1v) is 9.81. The first-order chi connectivity index (χ1) is 14.5. The molecule has 0 spiro atoms. The van der Waals surface area contributed by atoms with E-state index in [-0.39, 0.29) is 18.0 Å². The number of carbonyl (C=O) groups excluding carboxylic acids is 2. The number of likely N-dealkylation sites (tertiary alicyclic amines) is 1. The van der Waals surface area contributed by atoms with Crippen LogP contribution in [0.1, 0.15) is 37.0 Å². The molecule has 1 aromatic carbocycles. The topological polar surface area (TPSA) is 70.7 Å². The molecule has 0 saturated carbocycles. The number of nitrogens with zero attached hydrogens (tertiary/aromatic N) is 1. The molecule has 1 aromatic rings. The maximum atomic E-state index is 13.5. The zero-order chi connectivity index (χ0) is 23.2. The van der Waals surface area contributed by atoms with Gasteiger partial charge >= 0.3 is 6.61 Å². The van der Waals surface area contributed by atoms with Gasteiger partial charge in [-0.1, -0.05) is 0 Å². The van der Waals surface area contributed by atoms with Crippen molar-refractivity contribution < 1.29 is 36.3 Å². The Labute approximate surface area is 177 Å². The van der Waals surface area contributed by atoms with Crippen molar-refractivity contribution in [1.82, 2.24) is 15.5 Å². The highest BCUT2D eigenvalue weighted by atomic mass is 19.3. The van der Waals surface area contributed by atoms with E-state index in [4.69, 9.17) is 0 Å². The van der Waals surface area contributed by atoms with E-state index >= 15 is 0 Å². The quantitative estimate of drug-likeness (QED) is 0.567. The van der Waals surface area contributed by atoms with Crippen molar-refractivity contribution in [1.29, 1.82) is 0 Å². The van der Waals surface area contributed by atoms with Gasteiger partial charge in [-0.2, -0.15) is 8.78 Å². The third kappa shape index (κ3) is 7.97. The number of ether oxygens (including phenoxy) is 1. The van der Waals surface area contributed by atoms with E-state index in [9.17, 15) is 31.5 Å². The summed E-state index contributed by atoms with van der Waals surface area (Å²) in [6.07, 6.45) is -1.36. The van der Waals surface area contributed by atoms with E-state index in [1.54, 1.807) is 0 Å². The summed E-state index contributed by atoms with van der Waals surface area (Å²) in [5.41, 5.74) is -1.73. The second-order valence-corrected chi connectivity index (χ2v) is 8.05. The van der Waals surface area contributed by atoms with Crippen molar-refractivity contribution >= 4 is 11.8 Å². The Bertz CT molecular complexity index is 768. The summed E-state index contributed by atoms with van der Waals surface area (Å²) in [7, 11) is 0. The van der Waals surface area contributed by atoms with E-state index in [0.29, 0.717) is 32.5 Å². The van der Waals surface area contributed by atoms with Crippen LogP contribution in [-0.4, -0.2) is 61.5 Å². The molecule has 6 nitrogen and oxygen atoms in total. The number of amides is 2. The fourth-order valence-corrected chi connectivity index (χ4v) is 3.21. The van der Waals surface area contributed by atoms with Gasteiger partial charge in [-0.05, 0) is 57.8 Å². The zero-order valence-corrected chi connectivity index (χ0v) is 17.3. The highest BCUT2D eigenvalue weighted by molar-refractivity contribution is 5.94. The summed E-state index contributed by atoms with van der Waals surface area (Å²) >= 11 is 0. The minimum atomic E-state index is -3.13. The summed E-state index contributed by atoms with van der Waals surface area (Å²) in [4.78, 5) is 26.0. The molecule has 2 N–H and O–H groups in total. The fourth-order valence-electron chi connectivity index (χ4n) is 3.21. The van der Waals surface area contributed by atoms with Gasteiger partial charge in [0, 0.05) is 18.2 Å². The number of hydrogen-bond donors (Lipinski definition) is 2. The second-order valence-electron chi connectivity index (χ2n) is 8.05. The van der Waals surface area contributed by atoms with Crippen molar-refractivity contribution in [3.8, 4) is 5.75 Å². The lowest BCUT2D eigenvalue weighted by Crippen LogP contribution is -2.52. The van der Waals surface area contributed by atoms with Crippen molar-refractivity contribution in [3.05, 3.63) is 29.6 Å². The Balaban J connectivity index is 1.78. The molecule has 1 heterocycles. The number of carbonyl (C=O) groups is 2. The van der Waals surface area contributed by atoms with E-state index in [2.05, 4.69) is 15.4 Å². The van der Waals surface area contributed by atoms with Crippen LogP contribution in [0.25, 0.3) is 0 Å². The third-order valence-electron chi connectivity index (χ3n) is 4.99. The molecular weight excluding hydrogens is 425 g/mol. The molecule has 2 amide bonds. The van der Waals surface area contributed by atoms with Gasteiger partial charge in [-0.15, -0.1) is 0 Å². The summed E-state index contributed by atoms with van der Waals surface area (Å²) in [6, 6.07) is 2.72. The molecule has 0 unspecified atom stereocenters. The molecule has 0 aromatic heterocycles. The van der Waals surface area contributed by atoms with Gasteiger partial charge in [0.05, 0.1) is 12.1 Å². The molecule has 1 aliphatic heterocycles. The van der Waals surface area contributed by atoms with Crippen molar-refractivity contribution in [3.63, 3.8) is 0 Å². The van der Waals surface area contributed by atoms with E-state index < -0.39 is 42.0 Å². The standard InChI is InChI=1S/C20H26F5N3O3/c1-20(2,18(22)23)27-16(29)11-28-5-3-12(4-6-28)10-26-17(30)13-7-14(21)9-15(8-13)31-19(24)25/h7-9,12,18-19H,3-6,10-11H2,1-2H3,(H,26,30)(H,27,29). The molecule has 0 atom stereocenters. The number of hydrogen-bond acceptors (Lipinski definition) is 4. The predicted molar refractivity (Wildman–Crippen MR) is 103 cm³/mol. The Hall–Kier alpha value is -2.43. The zero-order valence-electron chi connectivity index (χ0n) is 17.3. The number of rotatable bonds is 9. The monoisotopic (exact) mass is 451 g/mol. The Morgan fingerprint density at radius 3 is 2.39 bits per heavy atom. The minimum absolute atomic E-state index is 0.00539. The first-order valence-electron chi connectivity index (χ1n) is 9.81. The van der Waals surface area contributed by atoms with Gasteiger partial charge in [-0.25, -0.2) is 13.2 Å². The smallest absolute Gasteiger partial charge is 0.387 e. The summed E-state index contributed by atoms with van der Waals surface area (Å²) in [6.45, 7) is 0.776. The average Bonchev–Trinajstić information content (AvgIpc) is 2.65. The molecular formula is C20H26F5N3O3. The van der Waals surface area contributed by atoms with E-state index in [0.717, 1.165) is 18.2 Å². The summed E-state index contributed by atoms with van der Waals surface area (Å²) in [5.74, 6) is -2.31. The Kier molecular flexibility index (Phi) is 8.60. The van der Waals surface area contributed by atoms with E-state index in [1.807, 2.05) is 4.90 Å². The lowest BCUT2D eigenvalue weighted by Gasteiger charge is -2.33. The molecule has 174 valence electrons. The van der Waals surface area contributed by atoms with Crippen LogP contribution < -0.4 is 15.4 Å². The van der Waals surface area contributed by atoms with Gasteiger partial charge in [0.25, 0.3) is 12.3 Å². The lowest BCUT2D eigenvalue weighted by molar-refractivity contribution is -0.126. The average molecular weight is 451 g/mol. The van der Waals surface area contributed by atoms with Crippen LogP contribution in [0.2, 0.25) is 0 Å². The van der Waals surface area contributed by atoms with Crippen molar-refractivity contribution in [2.24, 2.45) is 5.92 Å². The molecule has 1 aliphatic rings. The Morgan fingerprint density at radius 2 is 1.81 bits per heavy atom. The van der Waals surface area contributed by atoms with Crippen LogP contribution in [0.15, 0.2) is 18.2 Å². The molecule has 11 heteroatoms. The van der Waals surface area contributed by atoms with Gasteiger partial charge in [0.1, 0.15) is 11.6 Å². The first kappa shape index (κ1) is 24.8. The Morgan fingerprint density at radius 1 is 1.16 bits per heavy atom. The van der Waals surface area contributed by atoms with Crippen LogP contribution in [0.4, 0.5) is 22.0 Å². The number of halogens is 5. The molecule has 31 heavy (non-hydrogen) atoms. The molecule has 1 fully saturated rings. The highest BCUT2D eigenvalue weighted by Gasteiger charge is 2.32. The molecule has 0 aliphatic carbocycles. The highest BCUT2D eigenvalue weighted by Crippen LogP contribution is 2.20. The van der Waals surface area contributed by atoms with Crippen molar-refractivity contribution in [2.75, 3.05) is 26.2 Å². The number of benzene rings is 1. The predicted octanol–water partition coefficient (Wildman–Crippen LogP) is 3.03. The van der Waals surface area contributed by atoms with Crippen LogP contribution in [0, 0.1) is 11.7 Å². The van der Waals surface area contributed by atoms with E-state index in [1.165, 1.54) is 13.8 Å². The largest absolute Gasteiger partial charge is 0.435 e. The maximum Gasteiger partial charge on any atom is 0.387 e. The normalized spacial score (nSPS) is 15.9. The SMILES string of the molecule is CC(C)(NC(=O)CN1CCC(CNC(=O)c2cc(F)cc(OC(F)F)c2)CC1)C(F)F. The minimum Gasteiger partial charge on any atom is -0.435 e. The van der Waals surface area contributed by atoms with Gasteiger partial charge in [-0.3, -0.25) is 14.5 Å². The van der Waals surface area contributed by atoms with Crippen LogP contribution in [0.5, 0.6) is 5.75 Å². The molecule has 0 bridgehead atoms. The molecule has 0 radical (unpaired) electrons. The second kappa shape index (κ2) is 10.7. The van der Waals surface area contributed by atoms with Crippen molar-refractivity contribution in [2.45, 2.75) is 45.3 Å². The maximum absolute atomic E-state index is 13.5. The number of nitrogens with one attached hydrogen (secondary N) is 2. The fraction of sp³-hybridized carbons (Fsp3) is 0.600. The van der Waals surface area contributed by atoms with Gasteiger partial charge in [0.15, 0.2) is 0 Å². The summed E-state index contributed by atoms with van der Waals surface area (Å²) < 4.78 is 68.0. The molecule has 2 rings (SSSR count). The summed E-state index contributed by atoms with van der Waals surface area (Å²) in [5, 5.41) is 4.96. The van der Waals surface area contributed by atoms with Gasteiger partial charge < -0.3 is 15.4 Å². The lowest BCUT2D eigenvalue weighted by atomic mass is 9.96. The van der Waals surface area contributed by atoms with Crippen LogP contribution in [0.3, 0.4) is 0 Å². The van der Waals surface area contributed by atoms with Crippen LogP contribution >= 0.6 is 0 Å². The number of alkyl halides is 4. The van der Waals surface area contributed by atoms with Gasteiger partial charge in [0.2, 0.25) is 5.91 Å². The van der Waals surface area contributed by atoms with Crippen LogP contribution in [-0.2, 0) is 4.79 Å². The third-order valence-corrected chi connectivity index (χ3v) is 4.99.